The van der Waals surface area contributed by atoms with Crippen LogP contribution in [0.4, 0.5) is 0 Å². The summed E-state index contributed by atoms with van der Waals surface area (Å²) in [6, 6.07) is 0. The molecule has 3 nitrogen and oxygen atoms in total. The fraction of sp³-hybridized carbons (Fsp3) is 0.840. The number of allylic oxidation sites excluding steroid dienone is 2. The molecule has 0 aliphatic heterocycles. The average molecular weight is 395 g/mol. The second-order valence-electron chi connectivity index (χ2n) is 8.70. The van der Waals surface area contributed by atoms with E-state index in [4.69, 9.17) is 0 Å². The van der Waals surface area contributed by atoms with Gasteiger partial charge in [-0.15, -0.1) is 0 Å². The van der Waals surface area contributed by atoms with E-state index < -0.39 is 0 Å². The number of hydrogen-bond acceptors (Lipinski definition) is 3. The van der Waals surface area contributed by atoms with Crippen LogP contribution in [0.1, 0.15) is 124 Å². The molecule has 28 heavy (non-hydrogen) atoms. The van der Waals surface area contributed by atoms with Crippen molar-refractivity contribution in [1.82, 2.24) is 0 Å². The fourth-order valence-electron chi connectivity index (χ4n) is 3.80. The predicted molar refractivity (Wildman–Crippen MR) is 119 cm³/mol. The zero-order chi connectivity index (χ0) is 21.3. The summed E-state index contributed by atoms with van der Waals surface area (Å²) in [5.41, 5.74) is 1.96. The van der Waals surface area contributed by atoms with Crippen LogP contribution >= 0.6 is 0 Å². The Balaban J connectivity index is 3.82. The van der Waals surface area contributed by atoms with E-state index in [-0.39, 0.29) is 18.2 Å². The lowest BCUT2D eigenvalue weighted by molar-refractivity contribution is -0.141. The summed E-state index contributed by atoms with van der Waals surface area (Å²) in [6.07, 6.45) is 18.4. The van der Waals surface area contributed by atoms with Gasteiger partial charge >= 0.3 is 5.97 Å². The molecule has 0 aliphatic rings. The van der Waals surface area contributed by atoms with Crippen molar-refractivity contribution in [2.75, 3.05) is 7.11 Å². The third-order valence-corrected chi connectivity index (χ3v) is 5.79. The first-order valence-electron chi connectivity index (χ1n) is 11.6. The van der Waals surface area contributed by atoms with Crippen LogP contribution in [-0.4, -0.2) is 18.9 Å². The Morgan fingerprint density at radius 3 is 2.07 bits per heavy atom. The number of Topliss-reactive ketones (excluding diaryl/α,β-unsaturated/α-hetero) is 1. The minimum Gasteiger partial charge on any atom is -0.469 e. The molecule has 0 bridgehead atoms. The van der Waals surface area contributed by atoms with Crippen molar-refractivity contribution in [2.45, 2.75) is 124 Å². The molecule has 0 unspecified atom stereocenters. The molecule has 0 aliphatic carbocycles. The van der Waals surface area contributed by atoms with Crippen molar-refractivity contribution >= 4 is 11.8 Å². The monoisotopic (exact) mass is 394 g/mol. The van der Waals surface area contributed by atoms with Gasteiger partial charge in [0, 0.05) is 12.8 Å². The minimum absolute atomic E-state index is 0.185. The lowest BCUT2D eigenvalue weighted by atomic mass is 9.77. The highest BCUT2D eigenvalue weighted by atomic mass is 16.5. The molecule has 0 saturated heterocycles. The molecule has 0 rings (SSSR count). The summed E-state index contributed by atoms with van der Waals surface area (Å²) in [6.45, 7) is 9.36. The second-order valence-corrected chi connectivity index (χ2v) is 8.70. The smallest absolute Gasteiger partial charge is 0.305 e. The van der Waals surface area contributed by atoms with Crippen molar-refractivity contribution in [3.8, 4) is 0 Å². The number of unbranched alkanes of at least 4 members (excludes halogenated alkanes) is 8. The average Bonchev–Trinajstić information content (AvgIpc) is 2.67. The number of carbonyl (C=O) groups is 2. The molecule has 0 fully saturated rings. The van der Waals surface area contributed by atoms with E-state index in [0.29, 0.717) is 18.3 Å². The fourth-order valence-corrected chi connectivity index (χ4v) is 3.80. The van der Waals surface area contributed by atoms with E-state index in [0.717, 1.165) is 12.8 Å². The first-order valence-corrected chi connectivity index (χ1v) is 11.6. The molecule has 0 aromatic carbocycles. The highest BCUT2D eigenvalue weighted by molar-refractivity contribution is 5.82. The van der Waals surface area contributed by atoms with Crippen LogP contribution in [0, 0.1) is 5.41 Å². The zero-order valence-electron chi connectivity index (χ0n) is 19.4. The first-order chi connectivity index (χ1) is 13.4. The standard InChI is InChI=1S/C25H46O3/c1-6-8-9-14-17-22(7-2)25(3,4)21-16-13-11-10-12-15-18-23(26)19-20-24(27)28-5/h17H,6-16,18-21H2,1-5H3/b22-17+. The molecule has 3 heteroatoms. The van der Waals surface area contributed by atoms with Crippen LogP contribution in [0.15, 0.2) is 11.6 Å². The van der Waals surface area contributed by atoms with Crippen LogP contribution in [0.3, 0.4) is 0 Å². The van der Waals surface area contributed by atoms with Gasteiger partial charge in [0.15, 0.2) is 0 Å². The van der Waals surface area contributed by atoms with Gasteiger partial charge in [-0.1, -0.05) is 84.3 Å². The summed E-state index contributed by atoms with van der Waals surface area (Å²) < 4.78 is 4.56. The first kappa shape index (κ1) is 26.9. The van der Waals surface area contributed by atoms with Gasteiger partial charge in [-0.05, 0) is 37.5 Å². The Morgan fingerprint density at radius 1 is 0.821 bits per heavy atom. The summed E-state index contributed by atoms with van der Waals surface area (Å²) in [4.78, 5) is 22.7. The minimum atomic E-state index is -0.293. The van der Waals surface area contributed by atoms with Crippen molar-refractivity contribution in [1.29, 1.82) is 0 Å². The summed E-state index contributed by atoms with van der Waals surface area (Å²) in [5.74, 6) is -0.108. The molecule has 0 radical (unpaired) electrons. The lowest BCUT2D eigenvalue weighted by Gasteiger charge is -2.28. The van der Waals surface area contributed by atoms with Gasteiger partial charge in [-0.3, -0.25) is 9.59 Å². The number of methoxy groups -OCH3 is 1. The Hall–Kier alpha value is -1.12. The summed E-state index contributed by atoms with van der Waals surface area (Å²) in [7, 11) is 1.36. The predicted octanol–water partition coefficient (Wildman–Crippen LogP) is 7.57. The van der Waals surface area contributed by atoms with Crippen LogP contribution in [0.25, 0.3) is 0 Å². The van der Waals surface area contributed by atoms with Crippen molar-refractivity contribution in [3.05, 3.63) is 11.6 Å². The molecule has 0 amide bonds. The Labute approximate surface area is 174 Å². The van der Waals surface area contributed by atoms with E-state index in [2.05, 4.69) is 38.5 Å². The molecule has 0 aromatic heterocycles. The maximum absolute atomic E-state index is 11.7. The van der Waals surface area contributed by atoms with Gasteiger partial charge in [-0.25, -0.2) is 0 Å². The molecular formula is C25H46O3. The van der Waals surface area contributed by atoms with Crippen LogP contribution in [0.5, 0.6) is 0 Å². The molecule has 164 valence electrons. The number of ether oxygens (including phenoxy) is 1. The number of ketones is 1. The Kier molecular flexibility index (Phi) is 16.1. The maximum Gasteiger partial charge on any atom is 0.305 e. The SMILES string of the molecule is CCCCC/C=C(\CC)C(C)(C)CCCCCCCCC(=O)CCC(=O)OC. The number of hydrogen-bond donors (Lipinski definition) is 0. The lowest BCUT2D eigenvalue weighted by Crippen LogP contribution is -2.14. The number of rotatable bonds is 18. The third-order valence-electron chi connectivity index (χ3n) is 5.79. The quantitative estimate of drug-likeness (QED) is 0.137. The summed E-state index contributed by atoms with van der Waals surface area (Å²) >= 11 is 0. The molecule has 0 saturated carbocycles. The maximum atomic E-state index is 11.7. The largest absolute Gasteiger partial charge is 0.469 e. The van der Waals surface area contributed by atoms with E-state index in [9.17, 15) is 9.59 Å². The highest BCUT2D eigenvalue weighted by Gasteiger charge is 2.21. The van der Waals surface area contributed by atoms with E-state index in [1.54, 1.807) is 5.57 Å². The molecule has 0 spiro atoms. The van der Waals surface area contributed by atoms with Gasteiger partial charge < -0.3 is 4.74 Å². The van der Waals surface area contributed by atoms with Gasteiger partial charge in [0.1, 0.15) is 5.78 Å². The van der Waals surface area contributed by atoms with E-state index >= 15 is 0 Å². The van der Waals surface area contributed by atoms with Gasteiger partial charge in [0.25, 0.3) is 0 Å². The van der Waals surface area contributed by atoms with Gasteiger partial charge in [0.2, 0.25) is 0 Å². The second kappa shape index (κ2) is 16.8. The van der Waals surface area contributed by atoms with E-state index in [1.807, 2.05) is 0 Å². The van der Waals surface area contributed by atoms with Crippen LogP contribution < -0.4 is 0 Å². The van der Waals surface area contributed by atoms with E-state index in [1.165, 1.54) is 71.3 Å². The zero-order valence-corrected chi connectivity index (χ0v) is 19.4. The number of esters is 1. The molecule has 0 heterocycles. The van der Waals surface area contributed by atoms with Crippen molar-refractivity contribution < 1.29 is 14.3 Å². The van der Waals surface area contributed by atoms with Gasteiger partial charge in [-0.2, -0.15) is 0 Å². The third kappa shape index (κ3) is 14.0. The highest BCUT2D eigenvalue weighted by Crippen LogP contribution is 2.35. The Bertz CT molecular complexity index is 449. The van der Waals surface area contributed by atoms with Crippen molar-refractivity contribution in [3.63, 3.8) is 0 Å². The van der Waals surface area contributed by atoms with Crippen LogP contribution in [0.2, 0.25) is 0 Å². The normalized spacial score (nSPS) is 12.2. The number of carbonyl (C=O) groups excluding carboxylic acids is 2. The molecule has 0 N–H and O–H groups in total. The molecular weight excluding hydrogens is 348 g/mol. The van der Waals surface area contributed by atoms with Crippen molar-refractivity contribution in [2.24, 2.45) is 5.41 Å². The Morgan fingerprint density at radius 2 is 1.46 bits per heavy atom. The molecule has 0 atom stereocenters. The summed E-state index contributed by atoms with van der Waals surface area (Å²) in [5, 5.41) is 0. The van der Waals surface area contributed by atoms with Gasteiger partial charge in [0.05, 0.1) is 13.5 Å². The topological polar surface area (TPSA) is 43.4 Å². The molecule has 0 aromatic rings. The van der Waals surface area contributed by atoms with Crippen LogP contribution in [-0.2, 0) is 14.3 Å².